The molecule has 0 spiro atoms. The van der Waals surface area contributed by atoms with Crippen molar-refractivity contribution in [1.82, 2.24) is 15.3 Å². The number of aromatic nitrogens is 2. The van der Waals surface area contributed by atoms with Crippen LogP contribution in [0.25, 0.3) is 0 Å². The fraction of sp³-hybridized carbons (Fsp3) is 0.765. The Kier molecular flexibility index (Phi) is 5.20. The molecule has 2 rings (SSSR count). The fourth-order valence-electron chi connectivity index (χ4n) is 1.94. The van der Waals surface area contributed by atoms with Crippen LogP contribution in [-0.2, 0) is 6.54 Å². The first-order valence-corrected chi connectivity index (χ1v) is 8.07. The maximum atomic E-state index is 5.94. The van der Waals surface area contributed by atoms with Crippen LogP contribution in [0.3, 0.4) is 0 Å². The summed E-state index contributed by atoms with van der Waals surface area (Å²) in [6.07, 6.45) is 5.42. The molecule has 1 fully saturated rings. The van der Waals surface area contributed by atoms with Crippen LogP contribution < -0.4 is 10.1 Å². The molecule has 21 heavy (non-hydrogen) atoms. The smallest absolute Gasteiger partial charge is 0.160 e. The molecular formula is C17H29N3O. The van der Waals surface area contributed by atoms with Gasteiger partial charge in [0.1, 0.15) is 5.82 Å². The number of ether oxygens (including phenoxy) is 1. The van der Waals surface area contributed by atoms with E-state index in [1.54, 1.807) is 0 Å². The SMILES string of the molecule is CC(C)c1ncc(OCCC(C)(C)C)c(CNC2CC2)n1. The van der Waals surface area contributed by atoms with Crippen molar-refractivity contribution in [2.24, 2.45) is 5.41 Å². The summed E-state index contributed by atoms with van der Waals surface area (Å²) in [5.41, 5.74) is 1.28. The lowest BCUT2D eigenvalue weighted by Crippen LogP contribution is -2.19. The van der Waals surface area contributed by atoms with Gasteiger partial charge in [0.2, 0.25) is 0 Å². The van der Waals surface area contributed by atoms with Gasteiger partial charge in [0, 0.05) is 18.5 Å². The first kappa shape index (κ1) is 16.2. The van der Waals surface area contributed by atoms with Crippen molar-refractivity contribution in [2.45, 2.75) is 72.4 Å². The van der Waals surface area contributed by atoms with E-state index in [9.17, 15) is 0 Å². The van der Waals surface area contributed by atoms with E-state index in [4.69, 9.17) is 4.74 Å². The summed E-state index contributed by atoms with van der Waals surface area (Å²) in [5.74, 6) is 2.07. The highest BCUT2D eigenvalue weighted by molar-refractivity contribution is 5.25. The third-order valence-corrected chi connectivity index (χ3v) is 3.61. The highest BCUT2D eigenvalue weighted by Crippen LogP contribution is 2.24. The van der Waals surface area contributed by atoms with Gasteiger partial charge in [-0.3, -0.25) is 0 Å². The van der Waals surface area contributed by atoms with Crippen LogP contribution >= 0.6 is 0 Å². The van der Waals surface area contributed by atoms with Gasteiger partial charge in [-0.2, -0.15) is 0 Å². The van der Waals surface area contributed by atoms with E-state index >= 15 is 0 Å². The van der Waals surface area contributed by atoms with Crippen molar-refractivity contribution in [3.05, 3.63) is 17.7 Å². The molecule has 118 valence electrons. The Hall–Kier alpha value is -1.16. The Morgan fingerprint density at radius 3 is 2.62 bits per heavy atom. The summed E-state index contributed by atoms with van der Waals surface area (Å²) < 4.78 is 5.94. The number of hydrogen-bond acceptors (Lipinski definition) is 4. The lowest BCUT2D eigenvalue weighted by Gasteiger charge is -2.19. The molecule has 1 aliphatic rings. The molecular weight excluding hydrogens is 262 g/mol. The van der Waals surface area contributed by atoms with Crippen molar-refractivity contribution in [3.8, 4) is 5.75 Å². The fourth-order valence-corrected chi connectivity index (χ4v) is 1.94. The average molecular weight is 291 g/mol. The summed E-state index contributed by atoms with van der Waals surface area (Å²) in [4.78, 5) is 9.12. The standard InChI is InChI=1S/C17H29N3O/c1-12(2)16-19-11-15(21-9-8-17(3,4)5)14(20-16)10-18-13-6-7-13/h11-13,18H,6-10H2,1-5H3. The molecule has 1 aromatic rings. The number of hydrogen-bond donors (Lipinski definition) is 1. The van der Waals surface area contributed by atoms with Crippen molar-refractivity contribution in [3.63, 3.8) is 0 Å². The summed E-state index contributed by atoms with van der Waals surface area (Å²) in [6.45, 7) is 12.4. The quantitative estimate of drug-likeness (QED) is 0.832. The van der Waals surface area contributed by atoms with Crippen LogP contribution in [0.4, 0.5) is 0 Å². The minimum atomic E-state index is 0.283. The van der Waals surface area contributed by atoms with Crippen LogP contribution in [0.1, 0.15) is 71.3 Å². The second kappa shape index (κ2) is 6.73. The predicted molar refractivity (Wildman–Crippen MR) is 85.5 cm³/mol. The van der Waals surface area contributed by atoms with Crippen molar-refractivity contribution in [1.29, 1.82) is 0 Å². The molecule has 4 heteroatoms. The molecule has 1 N–H and O–H groups in total. The van der Waals surface area contributed by atoms with Gasteiger partial charge in [0.25, 0.3) is 0 Å². The number of nitrogens with one attached hydrogen (secondary N) is 1. The van der Waals surface area contributed by atoms with Crippen molar-refractivity contribution in [2.75, 3.05) is 6.61 Å². The second-order valence-electron chi connectivity index (χ2n) is 7.51. The molecule has 1 aromatic heterocycles. The zero-order chi connectivity index (χ0) is 15.5. The van der Waals surface area contributed by atoms with Gasteiger partial charge in [0.15, 0.2) is 5.75 Å². The monoisotopic (exact) mass is 291 g/mol. The number of rotatable bonds is 7. The zero-order valence-electron chi connectivity index (χ0n) is 14.1. The molecule has 0 amide bonds. The van der Waals surface area contributed by atoms with Crippen molar-refractivity contribution < 1.29 is 4.74 Å². The summed E-state index contributed by atoms with van der Waals surface area (Å²) in [6, 6.07) is 0.671. The molecule has 1 heterocycles. The van der Waals surface area contributed by atoms with Gasteiger partial charge in [-0.25, -0.2) is 9.97 Å². The van der Waals surface area contributed by atoms with Crippen LogP contribution in [0.5, 0.6) is 5.75 Å². The van der Waals surface area contributed by atoms with Crippen LogP contribution in [0, 0.1) is 5.41 Å². The minimum Gasteiger partial charge on any atom is -0.490 e. The van der Waals surface area contributed by atoms with E-state index in [0.717, 1.165) is 30.2 Å². The first-order chi connectivity index (χ1) is 9.85. The normalized spacial score (nSPS) is 15.5. The summed E-state index contributed by atoms with van der Waals surface area (Å²) >= 11 is 0. The van der Waals surface area contributed by atoms with Gasteiger partial charge in [-0.1, -0.05) is 34.6 Å². The number of nitrogens with zero attached hydrogens (tertiary/aromatic N) is 2. The van der Waals surface area contributed by atoms with Gasteiger partial charge >= 0.3 is 0 Å². The van der Waals surface area contributed by atoms with Gasteiger partial charge in [-0.15, -0.1) is 0 Å². The summed E-state index contributed by atoms with van der Waals surface area (Å²) in [5, 5.41) is 3.52. The second-order valence-corrected chi connectivity index (χ2v) is 7.51. The Bertz CT molecular complexity index is 462. The van der Waals surface area contributed by atoms with E-state index in [0.29, 0.717) is 18.6 Å². The highest BCUT2D eigenvalue weighted by Gasteiger charge is 2.21. The predicted octanol–water partition coefficient (Wildman–Crippen LogP) is 3.67. The highest BCUT2D eigenvalue weighted by atomic mass is 16.5. The Morgan fingerprint density at radius 2 is 2.05 bits per heavy atom. The zero-order valence-corrected chi connectivity index (χ0v) is 14.1. The average Bonchev–Trinajstić information content (AvgIpc) is 3.19. The van der Waals surface area contributed by atoms with Crippen LogP contribution in [-0.4, -0.2) is 22.6 Å². The molecule has 1 aliphatic carbocycles. The molecule has 4 nitrogen and oxygen atoms in total. The van der Waals surface area contributed by atoms with E-state index < -0.39 is 0 Å². The Balaban J connectivity index is 2.02. The van der Waals surface area contributed by atoms with Crippen LogP contribution in [0.2, 0.25) is 0 Å². The minimum absolute atomic E-state index is 0.283. The molecule has 0 unspecified atom stereocenters. The third-order valence-electron chi connectivity index (χ3n) is 3.61. The molecule has 0 aromatic carbocycles. The van der Waals surface area contributed by atoms with Gasteiger partial charge in [-0.05, 0) is 24.7 Å². The Labute approximate surface area is 128 Å². The maximum absolute atomic E-state index is 5.94. The van der Waals surface area contributed by atoms with Gasteiger partial charge in [0.05, 0.1) is 18.5 Å². The molecule has 0 atom stereocenters. The lowest BCUT2D eigenvalue weighted by atomic mass is 9.93. The van der Waals surface area contributed by atoms with Crippen molar-refractivity contribution >= 4 is 0 Å². The molecule has 0 saturated heterocycles. The van der Waals surface area contributed by atoms with E-state index in [-0.39, 0.29) is 5.41 Å². The largest absolute Gasteiger partial charge is 0.490 e. The molecule has 0 bridgehead atoms. The molecule has 0 radical (unpaired) electrons. The summed E-state index contributed by atoms with van der Waals surface area (Å²) in [7, 11) is 0. The van der Waals surface area contributed by atoms with Gasteiger partial charge < -0.3 is 10.1 Å². The van der Waals surface area contributed by atoms with E-state index in [1.165, 1.54) is 12.8 Å². The maximum Gasteiger partial charge on any atom is 0.160 e. The lowest BCUT2D eigenvalue weighted by molar-refractivity contribution is 0.239. The van der Waals surface area contributed by atoms with E-state index in [1.807, 2.05) is 6.20 Å². The topological polar surface area (TPSA) is 47.0 Å². The first-order valence-electron chi connectivity index (χ1n) is 8.07. The molecule has 0 aliphatic heterocycles. The van der Waals surface area contributed by atoms with E-state index in [2.05, 4.69) is 49.9 Å². The Morgan fingerprint density at radius 1 is 1.33 bits per heavy atom. The third kappa shape index (κ3) is 5.62. The molecule has 1 saturated carbocycles. The van der Waals surface area contributed by atoms with Crippen LogP contribution in [0.15, 0.2) is 6.20 Å².